The van der Waals surface area contributed by atoms with Crippen LogP contribution < -0.4 is 5.32 Å². The predicted molar refractivity (Wildman–Crippen MR) is 83.5 cm³/mol. The highest BCUT2D eigenvalue weighted by Crippen LogP contribution is 2.38. The molecule has 1 unspecified atom stereocenters. The average Bonchev–Trinajstić information content (AvgIpc) is 3.06. The van der Waals surface area contributed by atoms with Gasteiger partial charge in [-0.3, -0.25) is 4.90 Å². The first-order valence-corrected chi connectivity index (χ1v) is 8.96. The fourth-order valence-corrected chi connectivity index (χ4v) is 3.53. The zero-order valence-electron chi connectivity index (χ0n) is 12.6. The van der Waals surface area contributed by atoms with Gasteiger partial charge in [0.2, 0.25) is 5.89 Å². The Bertz CT molecular complexity index is 595. The van der Waals surface area contributed by atoms with Crippen molar-refractivity contribution in [3.05, 3.63) is 28.3 Å². The van der Waals surface area contributed by atoms with Crippen LogP contribution in [0.4, 0.5) is 0 Å². The number of aromatic nitrogens is 3. The SMILES string of the molecule is c1nc(CNC2CCCN(Cc3noc(C4CC4)n3)C2)cs1. The highest BCUT2D eigenvalue weighted by molar-refractivity contribution is 7.07. The number of likely N-dealkylation sites (tertiary alicyclic amines) is 1. The molecule has 0 radical (unpaired) electrons. The second kappa shape index (κ2) is 6.44. The molecule has 2 aromatic heterocycles. The number of thiazole rings is 1. The third-order valence-electron chi connectivity index (χ3n) is 4.34. The van der Waals surface area contributed by atoms with Gasteiger partial charge >= 0.3 is 0 Å². The summed E-state index contributed by atoms with van der Waals surface area (Å²) in [4.78, 5) is 11.3. The Kier molecular flexibility index (Phi) is 4.18. The maximum atomic E-state index is 5.34. The molecule has 0 aromatic carbocycles. The van der Waals surface area contributed by atoms with E-state index in [1.54, 1.807) is 11.3 Å². The zero-order chi connectivity index (χ0) is 14.8. The summed E-state index contributed by atoms with van der Waals surface area (Å²) in [5.41, 5.74) is 3.02. The lowest BCUT2D eigenvalue weighted by molar-refractivity contribution is 0.177. The van der Waals surface area contributed by atoms with Gasteiger partial charge in [-0.05, 0) is 32.2 Å². The van der Waals surface area contributed by atoms with Crippen LogP contribution in [-0.2, 0) is 13.1 Å². The molecule has 2 fully saturated rings. The Morgan fingerprint density at radius 2 is 2.32 bits per heavy atom. The Morgan fingerprint density at radius 3 is 3.14 bits per heavy atom. The maximum Gasteiger partial charge on any atom is 0.229 e. The van der Waals surface area contributed by atoms with Crippen LogP contribution in [0, 0.1) is 0 Å². The molecule has 2 aromatic rings. The van der Waals surface area contributed by atoms with Crippen molar-refractivity contribution in [3.63, 3.8) is 0 Å². The third kappa shape index (κ3) is 3.53. The molecular formula is C15H21N5OS. The summed E-state index contributed by atoms with van der Waals surface area (Å²) in [5.74, 6) is 2.21. The summed E-state index contributed by atoms with van der Waals surface area (Å²) in [5, 5.41) is 9.84. The second-order valence-corrected chi connectivity index (χ2v) is 6.98. The van der Waals surface area contributed by atoms with Crippen molar-refractivity contribution in [3.8, 4) is 0 Å². The van der Waals surface area contributed by atoms with Gasteiger partial charge in [0.05, 0.1) is 17.7 Å². The third-order valence-corrected chi connectivity index (χ3v) is 4.97. The van der Waals surface area contributed by atoms with E-state index in [2.05, 4.69) is 30.7 Å². The normalized spacial score (nSPS) is 23.0. The molecular weight excluding hydrogens is 298 g/mol. The van der Waals surface area contributed by atoms with Crippen molar-refractivity contribution in [1.82, 2.24) is 25.3 Å². The summed E-state index contributed by atoms with van der Waals surface area (Å²) < 4.78 is 5.34. The van der Waals surface area contributed by atoms with Crippen LogP contribution in [0.25, 0.3) is 0 Å². The molecule has 7 heteroatoms. The van der Waals surface area contributed by atoms with Crippen LogP contribution in [0.15, 0.2) is 15.4 Å². The van der Waals surface area contributed by atoms with Gasteiger partial charge in [-0.15, -0.1) is 11.3 Å². The molecule has 1 aliphatic heterocycles. The van der Waals surface area contributed by atoms with Gasteiger partial charge in [0.1, 0.15) is 0 Å². The monoisotopic (exact) mass is 319 g/mol. The quantitative estimate of drug-likeness (QED) is 0.880. The van der Waals surface area contributed by atoms with E-state index in [1.165, 1.54) is 25.7 Å². The Hall–Kier alpha value is -1.31. The van der Waals surface area contributed by atoms with Crippen molar-refractivity contribution < 1.29 is 4.52 Å². The van der Waals surface area contributed by atoms with Crippen LogP contribution in [-0.4, -0.2) is 39.2 Å². The molecule has 4 rings (SSSR count). The van der Waals surface area contributed by atoms with Gasteiger partial charge in [0.25, 0.3) is 0 Å². The van der Waals surface area contributed by atoms with Crippen LogP contribution in [0.5, 0.6) is 0 Å². The van der Waals surface area contributed by atoms with Gasteiger partial charge in [-0.25, -0.2) is 4.98 Å². The first-order chi connectivity index (χ1) is 10.9. The molecule has 6 nitrogen and oxygen atoms in total. The first kappa shape index (κ1) is 14.3. The zero-order valence-corrected chi connectivity index (χ0v) is 13.4. The van der Waals surface area contributed by atoms with Gasteiger partial charge in [-0.2, -0.15) is 4.98 Å². The van der Waals surface area contributed by atoms with Crippen molar-refractivity contribution >= 4 is 11.3 Å². The largest absolute Gasteiger partial charge is 0.339 e. The molecule has 1 N–H and O–H groups in total. The lowest BCUT2D eigenvalue weighted by Gasteiger charge is -2.32. The summed E-state index contributed by atoms with van der Waals surface area (Å²) >= 11 is 1.65. The fourth-order valence-electron chi connectivity index (χ4n) is 2.97. The van der Waals surface area contributed by atoms with E-state index in [0.29, 0.717) is 12.0 Å². The summed E-state index contributed by atoms with van der Waals surface area (Å²) in [6.07, 6.45) is 4.84. The number of rotatable bonds is 6. The molecule has 0 bridgehead atoms. The van der Waals surface area contributed by atoms with Crippen LogP contribution in [0.1, 0.15) is 49.0 Å². The topological polar surface area (TPSA) is 67.1 Å². The molecule has 0 spiro atoms. The minimum atomic E-state index is 0.519. The maximum absolute atomic E-state index is 5.34. The first-order valence-electron chi connectivity index (χ1n) is 8.02. The van der Waals surface area contributed by atoms with E-state index in [1.807, 2.05) is 5.51 Å². The molecule has 2 aliphatic rings. The minimum absolute atomic E-state index is 0.519. The average molecular weight is 319 g/mol. The Morgan fingerprint density at radius 1 is 1.36 bits per heavy atom. The minimum Gasteiger partial charge on any atom is -0.339 e. The Balaban J connectivity index is 1.28. The van der Waals surface area contributed by atoms with Gasteiger partial charge in [0, 0.05) is 30.4 Å². The van der Waals surface area contributed by atoms with Gasteiger partial charge in [-0.1, -0.05) is 5.16 Å². The van der Waals surface area contributed by atoms with Crippen molar-refractivity contribution in [2.45, 2.75) is 50.7 Å². The number of hydrogen-bond acceptors (Lipinski definition) is 7. The number of nitrogens with one attached hydrogen (secondary N) is 1. The number of hydrogen-bond donors (Lipinski definition) is 1. The van der Waals surface area contributed by atoms with E-state index in [4.69, 9.17) is 4.52 Å². The van der Waals surface area contributed by atoms with Gasteiger partial charge in [0.15, 0.2) is 5.82 Å². The smallest absolute Gasteiger partial charge is 0.229 e. The van der Waals surface area contributed by atoms with E-state index >= 15 is 0 Å². The fraction of sp³-hybridized carbons (Fsp3) is 0.667. The van der Waals surface area contributed by atoms with E-state index in [-0.39, 0.29) is 0 Å². The van der Waals surface area contributed by atoms with E-state index < -0.39 is 0 Å². The molecule has 3 heterocycles. The van der Waals surface area contributed by atoms with Crippen LogP contribution >= 0.6 is 11.3 Å². The van der Waals surface area contributed by atoms with E-state index in [9.17, 15) is 0 Å². The standard InChI is InChI=1S/C15H21N5OS/c1-2-12(16-6-13-9-22-10-17-13)7-20(5-1)8-14-18-15(21-19-14)11-3-4-11/h9-12,16H,1-8H2. The molecule has 22 heavy (non-hydrogen) atoms. The van der Waals surface area contributed by atoms with Crippen molar-refractivity contribution in [2.75, 3.05) is 13.1 Å². The predicted octanol–water partition coefficient (Wildman–Crippen LogP) is 2.16. The highest BCUT2D eigenvalue weighted by atomic mass is 32.1. The van der Waals surface area contributed by atoms with E-state index in [0.717, 1.165) is 43.6 Å². The van der Waals surface area contributed by atoms with Gasteiger partial charge < -0.3 is 9.84 Å². The summed E-state index contributed by atoms with van der Waals surface area (Å²) in [6.45, 7) is 3.81. The summed E-state index contributed by atoms with van der Waals surface area (Å²) in [6, 6.07) is 0.519. The number of nitrogens with zero attached hydrogens (tertiary/aromatic N) is 4. The lowest BCUT2D eigenvalue weighted by atomic mass is 10.1. The molecule has 1 atom stereocenters. The molecule has 1 saturated heterocycles. The highest BCUT2D eigenvalue weighted by Gasteiger charge is 2.30. The molecule has 118 valence electrons. The molecule has 1 saturated carbocycles. The molecule has 1 aliphatic carbocycles. The lowest BCUT2D eigenvalue weighted by Crippen LogP contribution is -2.45. The van der Waals surface area contributed by atoms with Crippen molar-refractivity contribution in [2.24, 2.45) is 0 Å². The second-order valence-electron chi connectivity index (χ2n) is 6.26. The summed E-state index contributed by atoms with van der Waals surface area (Å²) in [7, 11) is 0. The van der Waals surface area contributed by atoms with Crippen molar-refractivity contribution in [1.29, 1.82) is 0 Å². The Labute approximate surface area is 133 Å². The van der Waals surface area contributed by atoms with Crippen LogP contribution in [0.2, 0.25) is 0 Å². The van der Waals surface area contributed by atoms with Crippen LogP contribution in [0.3, 0.4) is 0 Å². The number of piperidine rings is 1. The molecule has 0 amide bonds.